The van der Waals surface area contributed by atoms with E-state index in [0.717, 1.165) is 29.0 Å². The Bertz CT molecular complexity index is 1020. The Kier molecular flexibility index (Phi) is 8.60. The number of carbonyl (C=O) groups excluding carboxylic acids is 2. The molecule has 0 unspecified atom stereocenters. The normalized spacial score (nSPS) is 17.0. The Morgan fingerprint density at radius 2 is 1.73 bits per heavy atom. The fourth-order valence-electron chi connectivity index (χ4n) is 3.73. The summed E-state index contributed by atoms with van der Waals surface area (Å²) in [7, 11) is -2.22. The molecule has 1 N–H and O–H groups in total. The van der Waals surface area contributed by atoms with E-state index in [1.165, 1.54) is 11.9 Å². The van der Waals surface area contributed by atoms with E-state index >= 15 is 0 Å². The lowest BCUT2D eigenvalue weighted by molar-refractivity contribution is -0.141. The van der Waals surface area contributed by atoms with Crippen LogP contribution >= 0.6 is 0 Å². The molecule has 1 saturated heterocycles. The van der Waals surface area contributed by atoms with Crippen molar-refractivity contribution in [3.63, 3.8) is 0 Å². The fourth-order valence-corrected chi connectivity index (χ4v) is 4.07. The van der Waals surface area contributed by atoms with Crippen molar-refractivity contribution in [2.45, 2.75) is 31.5 Å². The molecule has 0 aromatic heterocycles. The number of ether oxygens (including phenoxy) is 1. The number of hydrogen-bond donors (Lipinski definition) is 1. The van der Waals surface area contributed by atoms with Crippen molar-refractivity contribution in [2.24, 2.45) is 0 Å². The highest BCUT2D eigenvalue weighted by molar-refractivity contribution is 7.88. The van der Waals surface area contributed by atoms with Crippen LogP contribution in [0.1, 0.15) is 30.0 Å². The lowest BCUT2D eigenvalue weighted by atomic mass is 10.0. The number of hydrogen-bond acceptors (Lipinski definition) is 5. The van der Waals surface area contributed by atoms with E-state index in [1.807, 2.05) is 48.5 Å². The van der Waals surface area contributed by atoms with Gasteiger partial charge in [-0.15, -0.1) is 0 Å². The third-order valence-corrected chi connectivity index (χ3v) is 6.90. The van der Waals surface area contributed by atoms with Gasteiger partial charge in [0.15, 0.2) is 0 Å². The van der Waals surface area contributed by atoms with Crippen LogP contribution in [-0.2, 0) is 30.9 Å². The maximum absolute atomic E-state index is 13.4. The first-order valence-electron chi connectivity index (χ1n) is 10.9. The van der Waals surface area contributed by atoms with Gasteiger partial charge in [0, 0.05) is 26.7 Å². The first-order chi connectivity index (χ1) is 15.8. The summed E-state index contributed by atoms with van der Waals surface area (Å²) in [5, 5.41) is 2.94. The summed E-state index contributed by atoms with van der Waals surface area (Å²) in [6.07, 6.45) is 2.84. The molecule has 2 aromatic carbocycles. The molecule has 1 fully saturated rings. The summed E-state index contributed by atoms with van der Waals surface area (Å²) in [5.74, 6) is -0.795. The lowest BCUT2D eigenvalue weighted by Crippen LogP contribution is -2.48. The SMILES string of the molecule is CN(CC(=O)N(Cc1ccccc1)[C@@H](C(=O)NC[C@H]1CCCO1)c1ccccc1)S(C)(=O)=O. The van der Waals surface area contributed by atoms with E-state index in [9.17, 15) is 18.0 Å². The zero-order valence-electron chi connectivity index (χ0n) is 19.0. The van der Waals surface area contributed by atoms with E-state index < -0.39 is 22.0 Å². The predicted octanol–water partition coefficient (Wildman–Crippen LogP) is 1.94. The quantitative estimate of drug-likeness (QED) is 0.569. The average Bonchev–Trinajstić information content (AvgIpc) is 3.32. The second kappa shape index (κ2) is 11.4. The third-order valence-electron chi connectivity index (χ3n) is 5.64. The number of rotatable bonds is 10. The largest absolute Gasteiger partial charge is 0.376 e. The number of sulfonamides is 1. The Morgan fingerprint density at radius 3 is 2.30 bits per heavy atom. The first kappa shape index (κ1) is 24.9. The Balaban J connectivity index is 1.92. The van der Waals surface area contributed by atoms with E-state index in [4.69, 9.17) is 4.74 Å². The molecular formula is C24H31N3O5S. The summed E-state index contributed by atoms with van der Waals surface area (Å²) in [6, 6.07) is 17.4. The van der Waals surface area contributed by atoms with Gasteiger partial charge in [-0.25, -0.2) is 8.42 Å². The minimum atomic E-state index is -3.57. The number of carbonyl (C=O) groups is 2. The maximum Gasteiger partial charge on any atom is 0.247 e. The van der Waals surface area contributed by atoms with Crippen molar-refractivity contribution < 1.29 is 22.7 Å². The maximum atomic E-state index is 13.4. The third kappa shape index (κ3) is 7.12. The van der Waals surface area contributed by atoms with Crippen LogP contribution in [-0.4, -0.2) is 68.5 Å². The van der Waals surface area contributed by atoms with Crippen LogP contribution in [0.4, 0.5) is 0 Å². The van der Waals surface area contributed by atoms with Gasteiger partial charge in [0.25, 0.3) is 0 Å². The molecule has 1 aliphatic heterocycles. The molecule has 0 aliphatic carbocycles. The number of nitrogens with one attached hydrogen (secondary N) is 1. The van der Waals surface area contributed by atoms with E-state index in [1.54, 1.807) is 12.1 Å². The van der Waals surface area contributed by atoms with Gasteiger partial charge < -0.3 is 15.0 Å². The number of likely N-dealkylation sites (N-methyl/N-ethyl adjacent to an activating group) is 1. The van der Waals surface area contributed by atoms with Crippen molar-refractivity contribution in [2.75, 3.05) is 33.0 Å². The zero-order valence-corrected chi connectivity index (χ0v) is 19.8. The van der Waals surface area contributed by atoms with Crippen molar-refractivity contribution in [1.82, 2.24) is 14.5 Å². The second-order valence-electron chi connectivity index (χ2n) is 8.22. The summed E-state index contributed by atoms with van der Waals surface area (Å²) in [6.45, 7) is 0.829. The standard InChI is InChI=1S/C24H31N3O5S/c1-26(33(2,30)31)18-22(28)27(17-19-10-5-3-6-11-19)23(20-12-7-4-8-13-20)24(29)25-16-21-14-9-15-32-21/h3-8,10-13,21,23H,9,14-18H2,1-2H3,(H,25,29)/t21-,23-/m1/s1. The van der Waals surface area contributed by atoms with Gasteiger partial charge in [0.1, 0.15) is 6.04 Å². The molecule has 8 nitrogen and oxygen atoms in total. The number of amides is 2. The van der Waals surface area contributed by atoms with Crippen LogP contribution in [0, 0.1) is 0 Å². The molecule has 3 rings (SSSR count). The highest BCUT2D eigenvalue weighted by atomic mass is 32.2. The molecule has 0 bridgehead atoms. The van der Waals surface area contributed by atoms with Crippen molar-refractivity contribution in [3.05, 3.63) is 71.8 Å². The number of nitrogens with zero attached hydrogens (tertiary/aromatic N) is 2. The van der Waals surface area contributed by atoms with Crippen LogP contribution in [0.2, 0.25) is 0 Å². The monoisotopic (exact) mass is 473 g/mol. The van der Waals surface area contributed by atoms with Crippen LogP contribution < -0.4 is 5.32 Å². The molecule has 0 spiro atoms. The summed E-state index contributed by atoms with van der Waals surface area (Å²) in [5.41, 5.74) is 1.48. The molecule has 0 radical (unpaired) electrons. The van der Waals surface area contributed by atoms with E-state index in [0.29, 0.717) is 18.7 Å². The lowest BCUT2D eigenvalue weighted by Gasteiger charge is -2.33. The van der Waals surface area contributed by atoms with Crippen LogP contribution in [0.3, 0.4) is 0 Å². The topological polar surface area (TPSA) is 96.0 Å². The molecule has 178 valence electrons. The van der Waals surface area contributed by atoms with Gasteiger partial charge in [0.05, 0.1) is 18.9 Å². The predicted molar refractivity (Wildman–Crippen MR) is 126 cm³/mol. The first-order valence-corrected chi connectivity index (χ1v) is 12.8. The molecule has 2 aromatic rings. The highest BCUT2D eigenvalue weighted by Crippen LogP contribution is 2.24. The van der Waals surface area contributed by atoms with Crippen molar-refractivity contribution in [3.8, 4) is 0 Å². The van der Waals surface area contributed by atoms with Crippen LogP contribution in [0.5, 0.6) is 0 Å². The van der Waals surface area contributed by atoms with Gasteiger partial charge in [0.2, 0.25) is 21.8 Å². The molecule has 33 heavy (non-hydrogen) atoms. The van der Waals surface area contributed by atoms with E-state index in [-0.39, 0.29) is 25.1 Å². The Morgan fingerprint density at radius 1 is 1.09 bits per heavy atom. The molecule has 1 aliphatic rings. The average molecular weight is 474 g/mol. The van der Waals surface area contributed by atoms with Crippen molar-refractivity contribution in [1.29, 1.82) is 0 Å². The summed E-state index contributed by atoms with van der Waals surface area (Å²) < 4.78 is 30.5. The molecule has 2 atom stereocenters. The molecule has 2 amide bonds. The molecular weight excluding hydrogens is 442 g/mol. The minimum absolute atomic E-state index is 0.0417. The highest BCUT2D eigenvalue weighted by Gasteiger charge is 2.33. The number of benzene rings is 2. The van der Waals surface area contributed by atoms with Gasteiger partial charge >= 0.3 is 0 Å². The zero-order chi connectivity index (χ0) is 23.8. The van der Waals surface area contributed by atoms with E-state index in [2.05, 4.69) is 5.32 Å². The smallest absolute Gasteiger partial charge is 0.247 e. The Hall–Kier alpha value is -2.75. The van der Waals surface area contributed by atoms with Gasteiger partial charge in [-0.05, 0) is 24.0 Å². The van der Waals surface area contributed by atoms with Gasteiger partial charge in [-0.1, -0.05) is 60.7 Å². The Labute approximate surface area is 195 Å². The van der Waals surface area contributed by atoms with Crippen LogP contribution in [0.15, 0.2) is 60.7 Å². The second-order valence-corrected chi connectivity index (χ2v) is 10.3. The molecule has 9 heteroatoms. The molecule has 0 saturated carbocycles. The van der Waals surface area contributed by atoms with Gasteiger partial charge in [-0.2, -0.15) is 4.31 Å². The summed E-state index contributed by atoms with van der Waals surface area (Å²) >= 11 is 0. The van der Waals surface area contributed by atoms with Crippen molar-refractivity contribution >= 4 is 21.8 Å². The minimum Gasteiger partial charge on any atom is -0.376 e. The summed E-state index contributed by atoms with van der Waals surface area (Å²) in [4.78, 5) is 28.3. The molecule has 1 heterocycles. The van der Waals surface area contributed by atoms with Crippen LogP contribution in [0.25, 0.3) is 0 Å². The fraction of sp³-hybridized carbons (Fsp3) is 0.417. The van der Waals surface area contributed by atoms with Gasteiger partial charge in [-0.3, -0.25) is 9.59 Å².